The van der Waals surface area contributed by atoms with Crippen LogP contribution in [0.2, 0.25) is 5.02 Å². The van der Waals surface area contributed by atoms with E-state index in [4.69, 9.17) is 11.6 Å². The molecule has 2 rings (SSSR count). The first-order chi connectivity index (χ1) is 9.99. The highest BCUT2D eigenvalue weighted by molar-refractivity contribution is 6.31. The van der Waals surface area contributed by atoms with E-state index in [1.165, 1.54) is 6.07 Å². The Kier molecular flexibility index (Phi) is 4.75. The maximum absolute atomic E-state index is 13.4. The van der Waals surface area contributed by atoms with Gasteiger partial charge in [0.2, 0.25) is 5.91 Å². The minimum atomic E-state index is -0.817. The van der Waals surface area contributed by atoms with Crippen LogP contribution in [0.15, 0.2) is 36.4 Å². The van der Waals surface area contributed by atoms with Gasteiger partial charge in [-0.2, -0.15) is 0 Å². The summed E-state index contributed by atoms with van der Waals surface area (Å²) < 4.78 is 26.8. The van der Waals surface area contributed by atoms with Crippen molar-refractivity contribution in [2.24, 2.45) is 0 Å². The molecule has 0 unspecified atom stereocenters. The summed E-state index contributed by atoms with van der Waals surface area (Å²) in [6.45, 7) is 1.67. The Morgan fingerprint density at radius 2 is 1.76 bits per heavy atom. The maximum atomic E-state index is 13.4. The summed E-state index contributed by atoms with van der Waals surface area (Å²) in [7, 11) is 0. The van der Waals surface area contributed by atoms with Crippen LogP contribution in [-0.2, 0) is 4.79 Å². The minimum absolute atomic E-state index is 0.130. The van der Waals surface area contributed by atoms with E-state index in [-0.39, 0.29) is 6.54 Å². The number of carbonyl (C=O) groups excluding carboxylic acids is 1. The van der Waals surface area contributed by atoms with E-state index in [0.29, 0.717) is 10.7 Å². The highest BCUT2D eigenvalue weighted by atomic mass is 35.5. The van der Waals surface area contributed by atoms with E-state index in [1.54, 1.807) is 25.1 Å². The Morgan fingerprint density at radius 3 is 2.43 bits per heavy atom. The first-order valence-corrected chi connectivity index (χ1v) is 6.59. The molecule has 0 saturated carbocycles. The van der Waals surface area contributed by atoms with Crippen molar-refractivity contribution < 1.29 is 13.6 Å². The number of hydrogen-bond acceptors (Lipinski definition) is 2. The topological polar surface area (TPSA) is 41.1 Å². The Balaban J connectivity index is 2.01. The van der Waals surface area contributed by atoms with Gasteiger partial charge in [-0.25, -0.2) is 8.78 Å². The molecule has 6 heteroatoms. The Labute approximate surface area is 125 Å². The van der Waals surface area contributed by atoms with Crippen LogP contribution in [0.1, 0.15) is 5.56 Å². The molecular formula is C15H13ClF2N2O. The fraction of sp³-hybridized carbons (Fsp3) is 0.133. The number of nitrogens with one attached hydrogen (secondary N) is 2. The third-order valence-electron chi connectivity index (χ3n) is 2.93. The molecule has 21 heavy (non-hydrogen) atoms. The Hall–Kier alpha value is -2.14. The standard InChI is InChI=1S/C15H13ClF2N2O/c1-9-10(16)4-2-7-13(9)19-8-14(21)20-15-11(17)5-3-6-12(15)18/h2-7,19H,8H2,1H3,(H,20,21). The minimum Gasteiger partial charge on any atom is -0.376 e. The summed E-state index contributed by atoms with van der Waals surface area (Å²) >= 11 is 5.96. The predicted octanol–water partition coefficient (Wildman–Crippen LogP) is 3.98. The molecule has 0 radical (unpaired) electrons. The lowest BCUT2D eigenvalue weighted by molar-refractivity contribution is -0.114. The van der Waals surface area contributed by atoms with Crippen molar-refractivity contribution in [2.75, 3.05) is 17.2 Å². The van der Waals surface area contributed by atoms with Crippen molar-refractivity contribution >= 4 is 28.9 Å². The van der Waals surface area contributed by atoms with Crippen molar-refractivity contribution in [1.82, 2.24) is 0 Å². The fourth-order valence-electron chi connectivity index (χ4n) is 1.78. The molecule has 0 saturated heterocycles. The van der Waals surface area contributed by atoms with Gasteiger partial charge in [-0.1, -0.05) is 23.7 Å². The van der Waals surface area contributed by atoms with Crippen molar-refractivity contribution in [1.29, 1.82) is 0 Å². The van der Waals surface area contributed by atoms with Crippen LogP contribution in [0.3, 0.4) is 0 Å². The summed E-state index contributed by atoms with van der Waals surface area (Å²) in [6.07, 6.45) is 0. The van der Waals surface area contributed by atoms with Gasteiger partial charge in [-0.05, 0) is 36.8 Å². The average molecular weight is 311 g/mol. The largest absolute Gasteiger partial charge is 0.376 e. The summed E-state index contributed by atoms with van der Waals surface area (Å²) in [4.78, 5) is 11.7. The number of benzene rings is 2. The van der Waals surface area contributed by atoms with Crippen LogP contribution in [0.5, 0.6) is 0 Å². The van der Waals surface area contributed by atoms with Crippen LogP contribution in [0, 0.1) is 18.6 Å². The van der Waals surface area contributed by atoms with Crippen molar-refractivity contribution in [3.8, 4) is 0 Å². The molecule has 0 aliphatic carbocycles. The molecule has 0 atom stereocenters. The highest BCUT2D eigenvalue weighted by Gasteiger charge is 2.12. The molecule has 0 fully saturated rings. The lowest BCUT2D eigenvalue weighted by Gasteiger charge is -2.11. The first kappa shape index (κ1) is 15.3. The van der Waals surface area contributed by atoms with Crippen LogP contribution in [0.4, 0.5) is 20.2 Å². The van der Waals surface area contributed by atoms with Crippen LogP contribution >= 0.6 is 11.6 Å². The molecule has 0 heterocycles. The lowest BCUT2D eigenvalue weighted by atomic mass is 10.2. The van der Waals surface area contributed by atoms with Crippen LogP contribution < -0.4 is 10.6 Å². The normalized spacial score (nSPS) is 10.3. The van der Waals surface area contributed by atoms with Gasteiger partial charge in [0.1, 0.15) is 17.3 Å². The van der Waals surface area contributed by atoms with E-state index in [0.717, 1.165) is 17.7 Å². The van der Waals surface area contributed by atoms with Gasteiger partial charge >= 0.3 is 0 Å². The summed E-state index contributed by atoms with van der Waals surface area (Å²) in [6, 6.07) is 8.62. The second-order valence-corrected chi connectivity index (χ2v) is 4.82. The zero-order valence-electron chi connectivity index (χ0n) is 11.2. The average Bonchev–Trinajstić information content (AvgIpc) is 2.45. The molecule has 3 nitrogen and oxygen atoms in total. The quantitative estimate of drug-likeness (QED) is 0.897. The molecule has 2 aromatic rings. The molecule has 2 N–H and O–H groups in total. The lowest BCUT2D eigenvalue weighted by Crippen LogP contribution is -2.23. The number of carbonyl (C=O) groups is 1. The Bertz CT molecular complexity index is 656. The number of hydrogen-bond donors (Lipinski definition) is 2. The van der Waals surface area contributed by atoms with Crippen molar-refractivity contribution in [3.05, 3.63) is 58.6 Å². The second kappa shape index (κ2) is 6.54. The van der Waals surface area contributed by atoms with Gasteiger partial charge in [-0.15, -0.1) is 0 Å². The molecule has 2 aromatic carbocycles. The smallest absolute Gasteiger partial charge is 0.243 e. The number of rotatable bonds is 4. The molecule has 0 spiro atoms. The van der Waals surface area contributed by atoms with E-state index in [1.807, 2.05) is 0 Å². The number of para-hydroxylation sites is 1. The third kappa shape index (κ3) is 3.70. The molecule has 1 amide bonds. The van der Waals surface area contributed by atoms with Crippen molar-refractivity contribution in [3.63, 3.8) is 0 Å². The Morgan fingerprint density at radius 1 is 1.14 bits per heavy atom. The fourth-order valence-corrected chi connectivity index (χ4v) is 1.95. The zero-order valence-corrected chi connectivity index (χ0v) is 12.0. The van der Waals surface area contributed by atoms with Gasteiger partial charge < -0.3 is 10.6 Å². The molecule has 0 aliphatic heterocycles. The summed E-state index contributed by atoms with van der Waals surface area (Å²) in [5.41, 5.74) is 1.03. The van der Waals surface area contributed by atoms with Crippen molar-refractivity contribution in [2.45, 2.75) is 6.92 Å². The SMILES string of the molecule is Cc1c(Cl)cccc1NCC(=O)Nc1c(F)cccc1F. The zero-order chi connectivity index (χ0) is 15.4. The highest BCUT2D eigenvalue weighted by Crippen LogP contribution is 2.23. The summed E-state index contributed by atoms with van der Waals surface area (Å²) in [5, 5.41) is 5.64. The maximum Gasteiger partial charge on any atom is 0.243 e. The molecule has 110 valence electrons. The van der Waals surface area contributed by atoms with Gasteiger partial charge in [0.25, 0.3) is 0 Å². The van der Waals surface area contributed by atoms with Crippen LogP contribution in [-0.4, -0.2) is 12.5 Å². The monoisotopic (exact) mass is 310 g/mol. The number of amides is 1. The van der Waals surface area contributed by atoms with E-state index >= 15 is 0 Å². The van der Waals surface area contributed by atoms with Gasteiger partial charge in [-0.3, -0.25) is 4.79 Å². The number of anilines is 2. The van der Waals surface area contributed by atoms with Gasteiger partial charge in [0.05, 0.1) is 6.54 Å². The second-order valence-electron chi connectivity index (χ2n) is 4.41. The molecule has 0 aromatic heterocycles. The summed E-state index contributed by atoms with van der Waals surface area (Å²) in [5.74, 6) is -2.19. The van der Waals surface area contributed by atoms with Gasteiger partial charge in [0, 0.05) is 10.7 Å². The van der Waals surface area contributed by atoms with Crippen LogP contribution in [0.25, 0.3) is 0 Å². The van der Waals surface area contributed by atoms with E-state index < -0.39 is 23.2 Å². The molecule has 0 bridgehead atoms. The first-order valence-electron chi connectivity index (χ1n) is 6.22. The number of halogens is 3. The van der Waals surface area contributed by atoms with E-state index in [2.05, 4.69) is 10.6 Å². The third-order valence-corrected chi connectivity index (χ3v) is 3.34. The predicted molar refractivity (Wildman–Crippen MR) is 79.7 cm³/mol. The van der Waals surface area contributed by atoms with E-state index in [9.17, 15) is 13.6 Å². The molecule has 0 aliphatic rings. The molecular weight excluding hydrogens is 298 g/mol. The van der Waals surface area contributed by atoms with Gasteiger partial charge in [0.15, 0.2) is 0 Å².